The summed E-state index contributed by atoms with van der Waals surface area (Å²) in [5.41, 5.74) is 0. The second kappa shape index (κ2) is 4.78. The van der Waals surface area contributed by atoms with Crippen molar-refractivity contribution in [1.29, 1.82) is 5.26 Å². The molecular weight excluding hydrogens is 234 g/mol. The van der Waals surface area contributed by atoms with Gasteiger partial charge >= 0.3 is 5.97 Å². The minimum Gasteiger partial charge on any atom is -0.480 e. The molecule has 0 spiro atoms. The molecule has 2 unspecified atom stereocenters. The van der Waals surface area contributed by atoms with Gasteiger partial charge in [0.25, 0.3) is 0 Å². The van der Waals surface area contributed by atoms with Crippen LogP contribution in [-0.4, -0.2) is 54.7 Å². The van der Waals surface area contributed by atoms with E-state index in [2.05, 4.69) is 5.32 Å². The quantitative estimate of drug-likeness (QED) is 0.633. The van der Waals surface area contributed by atoms with Crippen LogP contribution >= 0.6 is 0 Å². The predicted molar refractivity (Wildman–Crippen MR) is 55.0 cm³/mol. The van der Waals surface area contributed by atoms with Crippen LogP contribution in [0.2, 0.25) is 0 Å². The predicted octanol–water partition coefficient (Wildman–Crippen LogP) is -1.41. The molecule has 0 saturated carbocycles. The van der Waals surface area contributed by atoms with Gasteiger partial charge in [0.15, 0.2) is 5.25 Å². The zero-order valence-electron chi connectivity index (χ0n) is 8.75. The van der Waals surface area contributed by atoms with Crippen LogP contribution in [0.15, 0.2) is 0 Å². The average molecular weight is 247 g/mol. The molecule has 2 N–H and O–H groups in total. The van der Waals surface area contributed by atoms with E-state index >= 15 is 0 Å². The molecule has 1 heterocycles. The lowest BCUT2D eigenvalue weighted by molar-refractivity contribution is -0.136. The van der Waals surface area contributed by atoms with Gasteiger partial charge in [-0.05, 0) is 6.92 Å². The normalized spacial score (nSPS) is 24.6. The first-order chi connectivity index (χ1) is 7.41. The van der Waals surface area contributed by atoms with Gasteiger partial charge in [-0.1, -0.05) is 0 Å². The van der Waals surface area contributed by atoms with Crippen LogP contribution < -0.4 is 5.32 Å². The molecular formula is C8H13N3O4S. The van der Waals surface area contributed by atoms with Crippen molar-refractivity contribution in [1.82, 2.24) is 9.62 Å². The first-order valence-corrected chi connectivity index (χ1v) is 6.25. The minimum atomic E-state index is -3.95. The molecule has 0 amide bonds. The van der Waals surface area contributed by atoms with Gasteiger partial charge in [0.1, 0.15) is 6.04 Å². The highest BCUT2D eigenvalue weighted by atomic mass is 32.2. The molecule has 7 nitrogen and oxygen atoms in total. The SMILES string of the molecule is CC(C(=O)O)S(=O)(=O)N1CCNCC1C#N. The van der Waals surface area contributed by atoms with Crippen molar-refractivity contribution in [2.45, 2.75) is 18.2 Å². The van der Waals surface area contributed by atoms with Gasteiger partial charge in [-0.2, -0.15) is 9.57 Å². The third-order valence-corrected chi connectivity index (χ3v) is 4.65. The number of nitrogens with one attached hydrogen (secondary N) is 1. The Morgan fingerprint density at radius 2 is 2.31 bits per heavy atom. The Labute approximate surface area is 93.7 Å². The van der Waals surface area contributed by atoms with Gasteiger partial charge in [0.2, 0.25) is 10.0 Å². The first kappa shape index (κ1) is 12.9. The highest BCUT2D eigenvalue weighted by Crippen LogP contribution is 2.14. The van der Waals surface area contributed by atoms with Gasteiger partial charge in [-0.3, -0.25) is 4.79 Å². The van der Waals surface area contributed by atoms with Crippen LogP contribution in [0.3, 0.4) is 0 Å². The Bertz CT molecular complexity index is 413. The second-order valence-corrected chi connectivity index (χ2v) is 5.69. The molecule has 0 aromatic rings. The summed E-state index contributed by atoms with van der Waals surface area (Å²) >= 11 is 0. The summed E-state index contributed by atoms with van der Waals surface area (Å²) in [7, 11) is -3.95. The van der Waals surface area contributed by atoms with Gasteiger partial charge < -0.3 is 10.4 Å². The summed E-state index contributed by atoms with van der Waals surface area (Å²) in [5, 5.41) is 18.9. The number of carbonyl (C=O) groups is 1. The number of carboxylic acid groups (broad SMARTS) is 1. The number of carboxylic acids is 1. The monoisotopic (exact) mass is 247 g/mol. The van der Waals surface area contributed by atoms with Gasteiger partial charge in [-0.25, -0.2) is 8.42 Å². The summed E-state index contributed by atoms with van der Waals surface area (Å²) in [4.78, 5) is 10.7. The molecule has 1 saturated heterocycles. The van der Waals surface area contributed by atoms with E-state index < -0.39 is 27.3 Å². The topological polar surface area (TPSA) is 110 Å². The summed E-state index contributed by atoms with van der Waals surface area (Å²) in [6.45, 7) is 1.87. The van der Waals surface area contributed by atoms with E-state index in [9.17, 15) is 13.2 Å². The van der Waals surface area contributed by atoms with Crippen LogP contribution in [0.4, 0.5) is 0 Å². The molecule has 1 aliphatic rings. The Kier molecular flexibility index (Phi) is 3.85. The van der Waals surface area contributed by atoms with E-state index in [0.717, 1.165) is 11.2 Å². The molecule has 8 heteroatoms. The molecule has 1 rings (SSSR count). The number of hydrogen-bond acceptors (Lipinski definition) is 5. The third kappa shape index (κ3) is 2.32. The maximum absolute atomic E-state index is 11.9. The number of aliphatic carboxylic acids is 1. The number of piperazine rings is 1. The number of nitrogens with zero attached hydrogens (tertiary/aromatic N) is 2. The van der Waals surface area contributed by atoms with Crippen LogP contribution in [0.1, 0.15) is 6.92 Å². The molecule has 90 valence electrons. The van der Waals surface area contributed by atoms with Crippen LogP contribution in [0.5, 0.6) is 0 Å². The van der Waals surface area contributed by atoms with Crippen molar-refractivity contribution in [3.63, 3.8) is 0 Å². The molecule has 1 aliphatic heterocycles. The molecule has 16 heavy (non-hydrogen) atoms. The van der Waals surface area contributed by atoms with Crippen molar-refractivity contribution in [3.05, 3.63) is 0 Å². The molecule has 0 radical (unpaired) electrons. The van der Waals surface area contributed by atoms with Crippen molar-refractivity contribution < 1.29 is 18.3 Å². The lowest BCUT2D eigenvalue weighted by atomic mass is 10.3. The average Bonchev–Trinajstić information content (AvgIpc) is 2.27. The fraction of sp³-hybridized carbons (Fsp3) is 0.750. The smallest absolute Gasteiger partial charge is 0.323 e. The van der Waals surface area contributed by atoms with E-state index in [-0.39, 0.29) is 13.1 Å². The van der Waals surface area contributed by atoms with E-state index in [1.165, 1.54) is 0 Å². The first-order valence-electron chi connectivity index (χ1n) is 4.75. The van der Waals surface area contributed by atoms with E-state index in [0.29, 0.717) is 6.54 Å². The zero-order valence-corrected chi connectivity index (χ0v) is 9.57. The third-order valence-electron chi connectivity index (χ3n) is 2.46. The van der Waals surface area contributed by atoms with Gasteiger partial charge in [-0.15, -0.1) is 0 Å². The Hall–Kier alpha value is -1.17. The van der Waals surface area contributed by atoms with Crippen LogP contribution in [0.25, 0.3) is 0 Å². The van der Waals surface area contributed by atoms with Crippen LogP contribution in [0, 0.1) is 11.3 Å². The van der Waals surface area contributed by atoms with Gasteiger partial charge in [0.05, 0.1) is 6.07 Å². The standard InChI is InChI=1S/C8H13N3O4S/c1-6(8(12)13)16(14,15)11-3-2-10-5-7(11)4-9/h6-7,10H,2-3,5H2,1H3,(H,12,13). The summed E-state index contributed by atoms with van der Waals surface area (Å²) in [6, 6.07) is 1.01. The number of nitriles is 1. The summed E-state index contributed by atoms with van der Waals surface area (Å²) in [5.74, 6) is -1.41. The fourth-order valence-corrected chi connectivity index (χ4v) is 2.91. The van der Waals surface area contributed by atoms with E-state index in [4.69, 9.17) is 10.4 Å². The molecule has 0 bridgehead atoms. The maximum Gasteiger partial charge on any atom is 0.323 e. The maximum atomic E-state index is 11.9. The van der Waals surface area contributed by atoms with E-state index in [1.54, 1.807) is 0 Å². The Balaban J connectivity index is 2.98. The van der Waals surface area contributed by atoms with Crippen LogP contribution in [-0.2, 0) is 14.8 Å². The minimum absolute atomic E-state index is 0.123. The highest BCUT2D eigenvalue weighted by Gasteiger charge is 2.39. The van der Waals surface area contributed by atoms with Crippen molar-refractivity contribution >= 4 is 16.0 Å². The lowest BCUT2D eigenvalue weighted by Gasteiger charge is -2.32. The fourth-order valence-electron chi connectivity index (χ4n) is 1.43. The largest absolute Gasteiger partial charge is 0.480 e. The second-order valence-electron chi connectivity index (χ2n) is 3.49. The lowest BCUT2D eigenvalue weighted by Crippen LogP contribution is -2.55. The number of sulfonamides is 1. The number of hydrogen-bond donors (Lipinski definition) is 2. The highest BCUT2D eigenvalue weighted by molar-refractivity contribution is 7.90. The van der Waals surface area contributed by atoms with E-state index in [1.807, 2.05) is 6.07 Å². The summed E-state index contributed by atoms with van der Waals surface area (Å²) < 4.78 is 24.7. The van der Waals surface area contributed by atoms with Gasteiger partial charge in [0, 0.05) is 19.6 Å². The summed E-state index contributed by atoms with van der Waals surface area (Å²) in [6.07, 6.45) is 0. The molecule has 0 aromatic carbocycles. The molecule has 0 aromatic heterocycles. The molecule has 1 fully saturated rings. The van der Waals surface area contributed by atoms with Crippen molar-refractivity contribution in [3.8, 4) is 6.07 Å². The van der Waals surface area contributed by atoms with Crippen molar-refractivity contribution in [2.75, 3.05) is 19.6 Å². The molecule has 0 aliphatic carbocycles. The Morgan fingerprint density at radius 1 is 1.69 bits per heavy atom. The Morgan fingerprint density at radius 3 is 2.81 bits per heavy atom. The zero-order chi connectivity index (χ0) is 12.3. The van der Waals surface area contributed by atoms with Crippen molar-refractivity contribution in [2.24, 2.45) is 0 Å². The molecule has 2 atom stereocenters. The number of rotatable bonds is 3.